The number of piperidine rings is 1. The number of rotatable bonds is 3. The highest BCUT2D eigenvalue weighted by molar-refractivity contribution is 6.31. The molecular weight excluding hydrogens is 220 g/mol. The van der Waals surface area contributed by atoms with Crippen molar-refractivity contribution < 1.29 is 0 Å². The van der Waals surface area contributed by atoms with Crippen molar-refractivity contribution in [1.82, 2.24) is 4.90 Å². The molecule has 1 aliphatic rings. The molecule has 2 nitrogen and oxygen atoms in total. The maximum absolute atomic E-state index is 6.25. The van der Waals surface area contributed by atoms with Crippen molar-refractivity contribution in [2.45, 2.75) is 32.4 Å². The van der Waals surface area contributed by atoms with Gasteiger partial charge in [0.15, 0.2) is 0 Å². The lowest BCUT2D eigenvalue weighted by atomic mass is 10.1. The first-order valence-corrected chi connectivity index (χ1v) is 6.37. The van der Waals surface area contributed by atoms with Gasteiger partial charge >= 0.3 is 0 Å². The van der Waals surface area contributed by atoms with Crippen LogP contribution in [0.3, 0.4) is 0 Å². The normalized spacial score (nSPS) is 17.6. The van der Waals surface area contributed by atoms with Crippen molar-refractivity contribution in [2.75, 3.05) is 13.1 Å². The monoisotopic (exact) mass is 238 g/mol. The predicted octanol–water partition coefficient (Wildman–Crippen LogP) is 2.78. The molecule has 1 aromatic carbocycles. The quantitative estimate of drug-likeness (QED) is 0.878. The Bertz CT molecular complexity index is 346. The lowest BCUT2D eigenvalue weighted by Gasteiger charge is -2.26. The van der Waals surface area contributed by atoms with Crippen LogP contribution in [-0.4, -0.2) is 18.0 Å². The van der Waals surface area contributed by atoms with Crippen molar-refractivity contribution in [1.29, 1.82) is 0 Å². The van der Waals surface area contributed by atoms with Crippen LogP contribution in [0.2, 0.25) is 5.02 Å². The summed E-state index contributed by atoms with van der Waals surface area (Å²) in [5.41, 5.74) is 7.91. The summed E-state index contributed by atoms with van der Waals surface area (Å²) in [5, 5.41) is 0.855. The van der Waals surface area contributed by atoms with E-state index in [-0.39, 0.29) is 0 Å². The summed E-state index contributed by atoms with van der Waals surface area (Å²) in [5.74, 6) is 0. The van der Waals surface area contributed by atoms with Crippen LogP contribution in [0.5, 0.6) is 0 Å². The van der Waals surface area contributed by atoms with Crippen molar-refractivity contribution in [3.8, 4) is 0 Å². The number of nitrogens with zero attached hydrogens (tertiary/aromatic N) is 1. The van der Waals surface area contributed by atoms with E-state index in [1.807, 2.05) is 6.07 Å². The van der Waals surface area contributed by atoms with E-state index in [0.29, 0.717) is 6.54 Å². The van der Waals surface area contributed by atoms with E-state index in [1.165, 1.54) is 37.9 Å². The number of halogens is 1. The molecule has 0 spiro atoms. The molecule has 0 radical (unpaired) electrons. The topological polar surface area (TPSA) is 29.3 Å². The SMILES string of the molecule is NCc1ccc(CN2CCCCC2)c(Cl)c1. The summed E-state index contributed by atoms with van der Waals surface area (Å²) in [6.45, 7) is 3.94. The second-order valence-electron chi connectivity index (χ2n) is 4.47. The Morgan fingerprint density at radius 3 is 2.56 bits per heavy atom. The minimum atomic E-state index is 0.559. The van der Waals surface area contributed by atoms with E-state index in [1.54, 1.807) is 0 Å². The second-order valence-corrected chi connectivity index (χ2v) is 4.87. The van der Waals surface area contributed by atoms with E-state index in [2.05, 4.69) is 17.0 Å². The first-order valence-electron chi connectivity index (χ1n) is 5.99. The second kappa shape index (κ2) is 5.67. The molecule has 1 aromatic rings. The van der Waals surface area contributed by atoms with E-state index in [9.17, 15) is 0 Å². The zero-order valence-electron chi connectivity index (χ0n) is 9.58. The molecule has 1 heterocycles. The Labute approximate surface area is 102 Å². The molecule has 88 valence electrons. The molecule has 16 heavy (non-hydrogen) atoms. The Morgan fingerprint density at radius 1 is 1.19 bits per heavy atom. The summed E-state index contributed by atoms with van der Waals surface area (Å²) in [6.07, 6.45) is 4.01. The molecular formula is C13H19ClN2. The number of hydrogen-bond donors (Lipinski definition) is 1. The molecule has 0 atom stereocenters. The van der Waals surface area contributed by atoms with E-state index < -0.39 is 0 Å². The molecule has 1 saturated heterocycles. The van der Waals surface area contributed by atoms with Crippen LogP contribution in [-0.2, 0) is 13.1 Å². The van der Waals surface area contributed by atoms with Crippen molar-refractivity contribution in [2.24, 2.45) is 5.73 Å². The van der Waals surface area contributed by atoms with E-state index >= 15 is 0 Å². The standard InChI is InChI=1S/C13H19ClN2/c14-13-8-11(9-15)4-5-12(13)10-16-6-2-1-3-7-16/h4-5,8H,1-3,6-7,9-10,15H2. The van der Waals surface area contributed by atoms with Gasteiger partial charge in [0.25, 0.3) is 0 Å². The van der Waals surface area contributed by atoms with Gasteiger partial charge in [-0.25, -0.2) is 0 Å². The average molecular weight is 239 g/mol. The number of benzene rings is 1. The third kappa shape index (κ3) is 2.97. The van der Waals surface area contributed by atoms with Gasteiger partial charge in [0.1, 0.15) is 0 Å². The third-order valence-corrected chi connectivity index (χ3v) is 3.55. The Morgan fingerprint density at radius 2 is 1.94 bits per heavy atom. The third-order valence-electron chi connectivity index (χ3n) is 3.20. The molecule has 0 unspecified atom stereocenters. The maximum atomic E-state index is 6.25. The summed E-state index contributed by atoms with van der Waals surface area (Å²) in [4.78, 5) is 2.48. The van der Waals surface area contributed by atoms with Crippen LogP contribution >= 0.6 is 11.6 Å². The maximum Gasteiger partial charge on any atom is 0.0454 e. The highest BCUT2D eigenvalue weighted by Gasteiger charge is 2.12. The molecule has 1 aliphatic heterocycles. The average Bonchev–Trinajstić information content (AvgIpc) is 2.33. The van der Waals surface area contributed by atoms with Crippen molar-refractivity contribution in [3.05, 3.63) is 34.3 Å². The largest absolute Gasteiger partial charge is 0.326 e. The minimum Gasteiger partial charge on any atom is -0.326 e. The molecule has 0 bridgehead atoms. The molecule has 1 fully saturated rings. The van der Waals surface area contributed by atoms with Gasteiger partial charge in [0.2, 0.25) is 0 Å². The summed E-state index contributed by atoms with van der Waals surface area (Å²) in [7, 11) is 0. The predicted molar refractivity (Wildman–Crippen MR) is 68.5 cm³/mol. The fraction of sp³-hybridized carbons (Fsp3) is 0.538. The smallest absolute Gasteiger partial charge is 0.0454 e. The first-order chi connectivity index (χ1) is 7.79. The summed E-state index contributed by atoms with van der Waals surface area (Å²) >= 11 is 6.25. The molecule has 0 aromatic heterocycles. The van der Waals surface area contributed by atoms with Gasteiger partial charge in [-0.2, -0.15) is 0 Å². The van der Waals surface area contributed by atoms with Gasteiger partial charge in [-0.15, -0.1) is 0 Å². The fourth-order valence-corrected chi connectivity index (χ4v) is 2.47. The van der Waals surface area contributed by atoms with Gasteiger partial charge in [0, 0.05) is 18.1 Å². The van der Waals surface area contributed by atoms with Crippen LogP contribution in [0.4, 0.5) is 0 Å². The zero-order chi connectivity index (χ0) is 11.4. The number of nitrogens with two attached hydrogens (primary N) is 1. The van der Waals surface area contributed by atoms with Crippen LogP contribution in [0.1, 0.15) is 30.4 Å². The van der Waals surface area contributed by atoms with E-state index in [4.69, 9.17) is 17.3 Å². The molecule has 0 saturated carbocycles. The molecule has 2 rings (SSSR count). The van der Waals surface area contributed by atoms with E-state index in [0.717, 1.165) is 17.1 Å². The Kier molecular flexibility index (Phi) is 4.22. The molecule has 3 heteroatoms. The number of hydrogen-bond acceptors (Lipinski definition) is 2. The molecule has 0 aliphatic carbocycles. The van der Waals surface area contributed by atoms with Crippen LogP contribution in [0.25, 0.3) is 0 Å². The van der Waals surface area contributed by atoms with Gasteiger partial charge in [-0.3, -0.25) is 4.90 Å². The highest BCUT2D eigenvalue weighted by Crippen LogP contribution is 2.21. The lowest BCUT2D eigenvalue weighted by Crippen LogP contribution is -2.29. The summed E-state index contributed by atoms with van der Waals surface area (Å²) < 4.78 is 0. The van der Waals surface area contributed by atoms with Gasteiger partial charge < -0.3 is 5.73 Å². The van der Waals surface area contributed by atoms with Crippen molar-refractivity contribution in [3.63, 3.8) is 0 Å². The first kappa shape index (κ1) is 11.9. The summed E-state index contributed by atoms with van der Waals surface area (Å²) in [6, 6.07) is 6.17. The van der Waals surface area contributed by atoms with Crippen LogP contribution < -0.4 is 5.73 Å². The van der Waals surface area contributed by atoms with Crippen molar-refractivity contribution >= 4 is 11.6 Å². The minimum absolute atomic E-state index is 0.559. The van der Waals surface area contributed by atoms with Gasteiger partial charge in [0.05, 0.1) is 0 Å². The van der Waals surface area contributed by atoms with Gasteiger partial charge in [-0.05, 0) is 43.1 Å². The highest BCUT2D eigenvalue weighted by atomic mass is 35.5. The fourth-order valence-electron chi connectivity index (χ4n) is 2.20. The molecule has 2 N–H and O–H groups in total. The number of likely N-dealkylation sites (tertiary alicyclic amines) is 1. The van der Waals surface area contributed by atoms with Crippen LogP contribution in [0, 0.1) is 0 Å². The van der Waals surface area contributed by atoms with Crippen LogP contribution in [0.15, 0.2) is 18.2 Å². The van der Waals surface area contributed by atoms with Gasteiger partial charge in [-0.1, -0.05) is 30.2 Å². The Balaban J connectivity index is 2.03. The lowest BCUT2D eigenvalue weighted by molar-refractivity contribution is 0.221. The Hall–Kier alpha value is -0.570. The molecule has 0 amide bonds. The zero-order valence-corrected chi connectivity index (χ0v) is 10.3.